The van der Waals surface area contributed by atoms with Gasteiger partial charge < -0.3 is 29.8 Å². The fourth-order valence-corrected chi connectivity index (χ4v) is 5.40. The zero-order valence-corrected chi connectivity index (χ0v) is 25.7. The molecule has 11 nitrogen and oxygen atoms in total. The topological polar surface area (TPSA) is 135 Å². The van der Waals surface area contributed by atoms with E-state index in [0.29, 0.717) is 36.8 Å². The molecule has 1 heterocycles. The molecule has 0 spiro atoms. The molecule has 1 saturated heterocycles. The number of benzene rings is 1. The van der Waals surface area contributed by atoms with Gasteiger partial charge in [0.05, 0.1) is 7.11 Å². The van der Waals surface area contributed by atoms with Gasteiger partial charge in [0, 0.05) is 25.6 Å². The standard InChI is InChI=1S/C31H48N4O7/c1-31(2,3)41-30(39)33-25(29(38)35-18-12-17-26(35)28(37)32-4)16-10-8-6-7-9-13-21-19-24(21)27(36)34-42-23-15-11-14-22(20-23)40-5/h11,14-15,20-21,24-26H,6-10,12-13,16-19H2,1-5H3,(H,32,37)(H,33,39)(H,34,36)/t21-,24+,25+,26+/m1/s1. The lowest BCUT2D eigenvalue weighted by Crippen LogP contribution is -2.53. The first kappa shape index (κ1) is 33.0. The number of methoxy groups -OCH3 is 1. The summed E-state index contributed by atoms with van der Waals surface area (Å²) in [6, 6.07) is 5.83. The molecule has 0 unspecified atom stereocenters. The number of hydrogen-bond acceptors (Lipinski definition) is 7. The van der Waals surface area contributed by atoms with Crippen molar-refractivity contribution in [2.75, 3.05) is 20.7 Å². The Hall–Kier alpha value is -3.50. The van der Waals surface area contributed by atoms with Crippen molar-refractivity contribution in [1.82, 2.24) is 21.0 Å². The van der Waals surface area contributed by atoms with Gasteiger partial charge in [0.25, 0.3) is 5.91 Å². The minimum Gasteiger partial charge on any atom is -0.497 e. The van der Waals surface area contributed by atoms with E-state index in [1.165, 1.54) is 0 Å². The van der Waals surface area contributed by atoms with Crippen molar-refractivity contribution in [1.29, 1.82) is 0 Å². The number of carbonyl (C=O) groups is 4. The summed E-state index contributed by atoms with van der Waals surface area (Å²) in [4.78, 5) is 57.6. The smallest absolute Gasteiger partial charge is 0.408 e. The maximum Gasteiger partial charge on any atom is 0.408 e. The van der Waals surface area contributed by atoms with Gasteiger partial charge in [0.15, 0.2) is 5.75 Å². The Morgan fingerprint density at radius 1 is 1.02 bits per heavy atom. The van der Waals surface area contributed by atoms with Crippen molar-refractivity contribution < 1.29 is 33.5 Å². The SMILES string of the molecule is CNC(=O)[C@@H]1CCCN1C(=O)[C@H](CCCCCCC[C@@H]1C[C@@H]1C(=O)NOc1cccc(OC)c1)NC(=O)OC(C)(C)C. The number of unbranched alkanes of at least 4 members (excludes halogenated alkanes) is 4. The lowest BCUT2D eigenvalue weighted by Gasteiger charge is -2.29. The van der Waals surface area contributed by atoms with Gasteiger partial charge in [-0.15, -0.1) is 0 Å². The van der Waals surface area contributed by atoms with Crippen LogP contribution in [0.3, 0.4) is 0 Å². The highest BCUT2D eigenvalue weighted by Crippen LogP contribution is 2.42. The first-order valence-electron chi connectivity index (χ1n) is 15.1. The molecule has 3 rings (SSSR count). The van der Waals surface area contributed by atoms with E-state index in [2.05, 4.69) is 16.1 Å². The van der Waals surface area contributed by atoms with Crippen LogP contribution in [0.2, 0.25) is 0 Å². The summed E-state index contributed by atoms with van der Waals surface area (Å²) in [6.45, 7) is 5.82. The molecule has 1 aliphatic carbocycles. The van der Waals surface area contributed by atoms with Crippen molar-refractivity contribution in [3.05, 3.63) is 24.3 Å². The molecule has 0 aromatic heterocycles. The Morgan fingerprint density at radius 3 is 2.45 bits per heavy atom. The molecule has 0 radical (unpaired) electrons. The van der Waals surface area contributed by atoms with Gasteiger partial charge in [-0.25, -0.2) is 4.79 Å². The third kappa shape index (κ3) is 10.4. The van der Waals surface area contributed by atoms with Crippen LogP contribution >= 0.6 is 0 Å². The molecular formula is C31H48N4O7. The number of ether oxygens (including phenoxy) is 2. The van der Waals surface area contributed by atoms with Crippen LogP contribution in [0.25, 0.3) is 0 Å². The Labute approximate surface area is 249 Å². The molecule has 1 aromatic carbocycles. The number of nitrogens with one attached hydrogen (secondary N) is 3. The molecule has 42 heavy (non-hydrogen) atoms. The van der Waals surface area contributed by atoms with E-state index >= 15 is 0 Å². The highest BCUT2D eigenvalue weighted by Gasteiger charge is 2.42. The van der Waals surface area contributed by atoms with E-state index in [1.54, 1.807) is 58.0 Å². The second kappa shape index (κ2) is 15.7. The summed E-state index contributed by atoms with van der Waals surface area (Å²) in [6.07, 6.45) is 7.84. The number of amides is 4. The Balaban J connectivity index is 1.36. The van der Waals surface area contributed by atoms with Gasteiger partial charge in [-0.05, 0) is 70.9 Å². The molecule has 11 heteroatoms. The Bertz CT molecular complexity index is 1070. The van der Waals surface area contributed by atoms with Crippen LogP contribution in [-0.2, 0) is 19.1 Å². The second-order valence-electron chi connectivity index (χ2n) is 12.2. The third-order valence-corrected chi connectivity index (χ3v) is 7.71. The Kier molecular flexibility index (Phi) is 12.3. The van der Waals surface area contributed by atoms with Crippen LogP contribution in [0.15, 0.2) is 24.3 Å². The van der Waals surface area contributed by atoms with E-state index in [1.807, 2.05) is 6.07 Å². The average Bonchev–Trinajstić information content (AvgIpc) is 3.56. The van der Waals surface area contributed by atoms with Crippen LogP contribution in [0.4, 0.5) is 4.79 Å². The number of likely N-dealkylation sites (N-methyl/N-ethyl adjacent to an activating group) is 1. The van der Waals surface area contributed by atoms with Crippen LogP contribution in [0, 0.1) is 11.8 Å². The summed E-state index contributed by atoms with van der Waals surface area (Å²) in [5.41, 5.74) is 1.87. The van der Waals surface area contributed by atoms with Gasteiger partial charge in [-0.3, -0.25) is 14.4 Å². The summed E-state index contributed by atoms with van der Waals surface area (Å²) >= 11 is 0. The quantitative estimate of drug-likeness (QED) is 0.207. The zero-order valence-electron chi connectivity index (χ0n) is 25.7. The fraction of sp³-hybridized carbons (Fsp3) is 0.677. The van der Waals surface area contributed by atoms with E-state index in [-0.39, 0.29) is 23.6 Å². The first-order chi connectivity index (χ1) is 20.0. The summed E-state index contributed by atoms with van der Waals surface area (Å²) in [5, 5.41) is 5.39. The molecule has 2 aliphatic rings. The lowest BCUT2D eigenvalue weighted by atomic mass is 10.0. The third-order valence-electron chi connectivity index (χ3n) is 7.71. The molecule has 1 saturated carbocycles. The van der Waals surface area contributed by atoms with E-state index in [0.717, 1.165) is 51.4 Å². The van der Waals surface area contributed by atoms with Crippen molar-refractivity contribution >= 4 is 23.8 Å². The van der Waals surface area contributed by atoms with Crippen LogP contribution in [0.1, 0.15) is 85.0 Å². The van der Waals surface area contributed by atoms with Gasteiger partial charge >= 0.3 is 6.09 Å². The van der Waals surface area contributed by atoms with E-state index < -0.39 is 23.8 Å². The molecule has 234 valence electrons. The first-order valence-corrected chi connectivity index (χ1v) is 15.1. The van der Waals surface area contributed by atoms with Gasteiger partial charge in [0.1, 0.15) is 23.4 Å². The summed E-state index contributed by atoms with van der Waals surface area (Å²) in [5.74, 6) is 1.05. The molecule has 0 bridgehead atoms. The maximum absolute atomic E-state index is 13.4. The monoisotopic (exact) mass is 588 g/mol. The molecule has 4 amide bonds. The molecule has 1 aliphatic heterocycles. The second-order valence-corrected chi connectivity index (χ2v) is 12.2. The number of alkyl carbamates (subject to hydrolysis) is 1. The van der Waals surface area contributed by atoms with Gasteiger partial charge in [0.2, 0.25) is 11.8 Å². The number of hydrogen-bond donors (Lipinski definition) is 3. The van der Waals surface area contributed by atoms with Crippen molar-refractivity contribution in [3.8, 4) is 11.5 Å². The number of likely N-dealkylation sites (tertiary alicyclic amines) is 1. The number of hydroxylamine groups is 1. The molecule has 4 atom stereocenters. The van der Waals surface area contributed by atoms with E-state index in [9.17, 15) is 19.2 Å². The summed E-state index contributed by atoms with van der Waals surface area (Å²) < 4.78 is 10.6. The minimum absolute atomic E-state index is 0.00879. The van der Waals surface area contributed by atoms with Crippen molar-refractivity contribution in [2.24, 2.45) is 11.8 Å². The fourth-order valence-electron chi connectivity index (χ4n) is 5.40. The van der Waals surface area contributed by atoms with Crippen LogP contribution < -0.4 is 25.7 Å². The molecular weight excluding hydrogens is 540 g/mol. The Morgan fingerprint density at radius 2 is 1.74 bits per heavy atom. The molecule has 2 fully saturated rings. The number of rotatable bonds is 15. The minimum atomic E-state index is -0.741. The lowest BCUT2D eigenvalue weighted by molar-refractivity contribution is -0.140. The highest BCUT2D eigenvalue weighted by molar-refractivity contribution is 5.91. The molecule has 1 aromatic rings. The van der Waals surface area contributed by atoms with Gasteiger partial charge in [-0.1, -0.05) is 38.2 Å². The van der Waals surface area contributed by atoms with Crippen molar-refractivity contribution in [3.63, 3.8) is 0 Å². The normalized spacial score (nSPS) is 20.3. The van der Waals surface area contributed by atoms with Crippen LogP contribution in [0.5, 0.6) is 11.5 Å². The number of carbonyl (C=O) groups excluding carboxylic acids is 4. The van der Waals surface area contributed by atoms with E-state index in [4.69, 9.17) is 14.3 Å². The average molecular weight is 589 g/mol. The predicted octanol–water partition coefficient (Wildman–Crippen LogP) is 4.10. The highest BCUT2D eigenvalue weighted by atomic mass is 16.7. The number of nitrogens with zero attached hydrogens (tertiary/aromatic N) is 1. The van der Waals surface area contributed by atoms with Crippen molar-refractivity contribution in [2.45, 2.75) is 103 Å². The molecule has 3 N–H and O–H groups in total. The zero-order chi connectivity index (χ0) is 30.7. The largest absolute Gasteiger partial charge is 0.497 e. The van der Waals surface area contributed by atoms with Crippen LogP contribution in [-0.4, -0.2) is 67.1 Å². The maximum atomic E-state index is 13.4. The predicted molar refractivity (Wildman–Crippen MR) is 158 cm³/mol. The van der Waals surface area contributed by atoms with Gasteiger partial charge in [-0.2, -0.15) is 5.48 Å². The summed E-state index contributed by atoms with van der Waals surface area (Å²) in [7, 11) is 3.14.